The molecule has 2 aromatic heterocycles. The van der Waals surface area contributed by atoms with Crippen molar-refractivity contribution in [2.24, 2.45) is 0 Å². The molecular weight excluding hydrogens is 428 g/mol. The molecule has 34 heavy (non-hydrogen) atoms. The lowest BCUT2D eigenvalue weighted by molar-refractivity contribution is -0.904. The van der Waals surface area contributed by atoms with Gasteiger partial charge in [0.25, 0.3) is 5.91 Å². The predicted octanol–water partition coefficient (Wildman–Crippen LogP) is 4.19. The fraction of sp³-hybridized carbons (Fsp3) is 0.222. The highest BCUT2D eigenvalue weighted by molar-refractivity contribution is 6.03. The monoisotopic (exact) mass is 455 g/mol. The first-order chi connectivity index (χ1) is 16.5. The van der Waals surface area contributed by atoms with Crippen LogP contribution in [0.1, 0.15) is 41.4 Å². The third-order valence-corrected chi connectivity index (χ3v) is 6.06. The minimum Gasteiger partial charge on any atom is -0.489 e. The highest BCUT2D eigenvalue weighted by Gasteiger charge is 2.28. The highest BCUT2D eigenvalue weighted by atomic mass is 16.5. The SMILES string of the molecule is CC(C)c1ccc(COc2ccc(-c3c(-c4cc[n+](O)cc4)nn4c3C(=O)NCC4)cc2)cc1. The largest absolute Gasteiger partial charge is 0.489 e. The molecule has 7 heteroatoms. The second kappa shape index (κ2) is 9.02. The second-order valence-electron chi connectivity index (χ2n) is 8.73. The van der Waals surface area contributed by atoms with Gasteiger partial charge in [-0.25, -0.2) is 0 Å². The van der Waals surface area contributed by atoms with E-state index in [1.54, 1.807) is 29.2 Å². The number of aromatic nitrogens is 3. The maximum atomic E-state index is 12.7. The Hall–Kier alpha value is -4.13. The Balaban J connectivity index is 1.43. The van der Waals surface area contributed by atoms with Crippen LogP contribution >= 0.6 is 0 Å². The summed E-state index contributed by atoms with van der Waals surface area (Å²) in [6, 6.07) is 19.8. The van der Waals surface area contributed by atoms with Gasteiger partial charge in [0.2, 0.25) is 12.4 Å². The van der Waals surface area contributed by atoms with Crippen molar-refractivity contribution < 1.29 is 19.5 Å². The van der Waals surface area contributed by atoms with Gasteiger partial charge in [0.1, 0.15) is 23.7 Å². The zero-order chi connectivity index (χ0) is 23.7. The Morgan fingerprint density at radius 2 is 1.74 bits per heavy atom. The molecule has 0 aliphatic carbocycles. The van der Waals surface area contributed by atoms with Gasteiger partial charge in [-0.2, -0.15) is 5.10 Å². The van der Waals surface area contributed by atoms with Crippen molar-refractivity contribution in [3.63, 3.8) is 0 Å². The maximum absolute atomic E-state index is 12.7. The van der Waals surface area contributed by atoms with Crippen LogP contribution in [0.25, 0.3) is 22.4 Å². The van der Waals surface area contributed by atoms with Crippen molar-refractivity contribution >= 4 is 5.91 Å². The molecule has 4 aromatic rings. The van der Waals surface area contributed by atoms with E-state index in [9.17, 15) is 10.0 Å². The Kier molecular flexibility index (Phi) is 5.76. The molecule has 0 atom stereocenters. The molecular formula is C27H27N4O3+. The van der Waals surface area contributed by atoms with Crippen molar-refractivity contribution in [2.45, 2.75) is 32.9 Å². The lowest BCUT2D eigenvalue weighted by Crippen LogP contribution is -2.35. The van der Waals surface area contributed by atoms with Gasteiger partial charge in [0.05, 0.1) is 6.54 Å². The number of pyridine rings is 1. The van der Waals surface area contributed by atoms with Crippen LogP contribution in [0.15, 0.2) is 73.1 Å². The first-order valence-electron chi connectivity index (χ1n) is 11.4. The number of benzene rings is 2. The quantitative estimate of drug-likeness (QED) is 0.338. The predicted molar refractivity (Wildman–Crippen MR) is 128 cm³/mol. The van der Waals surface area contributed by atoms with Gasteiger partial charge < -0.3 is 10.1 Å². The third-order valence-electron chi connectivity index (χ3n) is 6.06. The Morgan fingerprint density at radius 3 is 2.41 bits per heavy atom. The van der Waals surface area contributed by atoms with E-state index in [4.69, 9.17) is 9.84 Å². The molecule has 1 aliphatic heterocycles. The van der Waals surface area contributed by atoms with E-state index < -0.39 is 0 Å². The van der Waals surface area contributed by atoms with E-state index in [2.05, 4.69) is 43.4 Å². The molecule has 0 fully saturated rings. The topological polar surface area (TPSA) is 80.3 Å². The molecule has 0 unspecified atom stereocenters. The third kappa shape index (κ3) is 4.24. The number of rotatable bonds is 6. The minimum absolute atomic E-state index is 0.140. The van der Waals surface area contributed by atoms with E-state index in [0.717, 1.165) is 32.7 Å². The molecule has 0 bridgehead atoms. The lowest BCUT2D eigenvalue weighted by Gasteiger charge is -2.15. The molecule has 7 nitrogen and oxygen atoms in total. The number of nitrogens with zero attached hydrogens (tertiary/aromatic N) is 3. The molecule has 2 N–H and O–H groups in total. The van der Waals surface area contributed by atoms with Gasteiger partial charge in [-0.3, -0.25) is 14.7 Å². The molecule has 3 heterocycles. The first kappa shape index (κ1) is 21.7. The summed E-state index contributed by atoms with van der Waals surface area (Å²) in [4.78, 5) is 12.7. The summed E-state index contributed by atoms with van der Waals surface area (Å²) in [6.45, 7) is 6.00. The average Bonchev–Trinajstić information content (AvgIpc) is 3.25. The Morgan fingerprint density at radius 1 is 1.03 bits per heavy atom. The van der Waals surface area contributed by atoms with Gasteiger partial charge in [-0.1, -0.05) is 50.2 Å². The molecule has 1 aliphatic rings. The number of carbonyl (C=O) groups excluding carboxylic acids is 1. The summed E-state index contributed by atoms with van der Waals surface area (Å²) in [5.74, 6) is 1.12. The average molecular weight is 456 g/mol. The van der Waals surface area contributed by atoms with Crippen LogP contribution in [0.4, 0.5) is 0 Å². The number of hydrogen-bond acceptors (Lipinski definition) is 4. The second-order valence-corrected chi connectivity index (χ2v) is 8.73. The summed E-state index contributed by atoms with van der Waals surface area (Å²) < 4.78 is 8.74. The van der Waals surface area contributed by atoms with Crippen LogP contribution in [-0.2, 0) is 13.2 Å². The number of hydrogen-bond donors (Lipinski definition) is 2. The van der Waals surface area contributed by atoms with Gasteiger partial charge in [0, 0.05) is 34.5 Å². The van der Waals surface area contributed by atoms with Crippen molar-refractivity contribution in [1.29, 1.82) is 0 Å². The minimum atomic E-state index is -0.140. The van der Waals surface area contributed by atoms with Crippen molar-refractivity contribution in [3.8, 4) is 28.1 Å². The van der Waals surface area contributed by atoms with Crippen LogP contribution in [0.5, 0.6) is 5.75 Å². The van der Waals surface area contributed by atoms with E-state index >= 15 is 0 Å². The summed E-state index contributed by atoms with van der Waals surface area (Å²) in [5.41, 5.74) is 6.13. The molecule has 172 valence electrons. The molecule has 5 rings (SSSR count). The van der Waals surface area contributed by atoms with E-state index in [1.165, 1.54) is 5.56 Å². The Bertz CT molecular complexity index is 1310. The van der Waals surface area contributed by atoms with Crippen LogP contribution in [-0.4, -0.2) is 27.4 Å². The van der Waals surface area contributed by atoms with Gasteiger partial charge in [0.15, 0.2) is 0 Å². The summed E-state index contributed by atoms with van der Waals surface area (Å²) in [7, 11) is 0. The van der Waals surface area contributed by atoms with E-state index in [1.807, 2.05) is 24.3 Å². The van der Waals surface area contributed by atoms with Gasteiger partial charge in [-0.15, -0.1) is 0 Å². The zero-order valence-electron chi connectivity index (χ0n) is 19.2. The van der Waals surface area contributed by atoms with Crippen LogP contribution in [0.3, 0.4) is 0 Å². The fourth-order valence-corrected chi connectivity index (χ4v) is 4.15. The lowest BCUT2D eigenvalue weighted by atomic mass is 9.98. The molecule has 0 saturated carbocycles. The van der Waals surface area contributed by atoms with E-state index in [-0.39, 0.29) is 5.91 Å². The van der Waals surface area contributed by atoms with Crippen molar-refractivity contribution in [1.82, 2.24) is 15.1 Å². The van der Waals surface area contributed by atoms with Crippen LogP contribution in [0.2, 0.25) is 0 Å². The summed E-state index contributed by atoms with van der Waals surface area (Å²) in [5, 5.41) is 17.3. The summed E-state index contributed by atoms with van der Waals surface area (Å²) >= 11 is 0. The van der Waals surface area contributed by atoms with E-state index in [0.29, 0.717) is 37.0 Å². The maximum Gasteiger partial charge on any atom is 0.270 e. The molecule has 2 aromatic carbocycles. The first-order valence-corrected chi connectivity index (χ1v) is 11.4. The Labute approximate surface area is 198 Å². The number of fused-ring (bicyclic) bond motifs is 1. The van der Waals surface area contributed by atoms with Crippen LogP contribution < -0.4 is 14.8 Å². The highest BCUT2D eigenvalue weighted by Crippen LogP contribution is 2.36. The molecule has 1 amide bonds. The summed E-state index contributed by atoms with van der Waals surface area (Å²) in [6.07, 6.45) is 3.09. The van der Waals surface area contributed by atoms with Gasteiger partial charge in [-0.05, 0) is 34.7 Å². The van der Waals surface area contributed by atoms with Crippen LogP contribution in [0, 0.1) is 0 Å². The number of carbonyl (C=O) groups is 1. The standard InChI is InChI=1S/C27H26N4O3/c1-18(2)20-5-3-19(4-6-20)17-34-23-9-7-21(8-10-23)24-25(22-11-14-30(33)15-12-22)29-31-16-13-28-27(32)26(24)31/h3-12,14-15,18H,13,16-17H2,1-2H3,(H-,28,29,32,33)/p+1. The molecule has 0 saturated heterocycles. The van der Waals surface area contributed by atoms with Crippen molar-refractivity contribution in [3.05, 3.63) is 89.9 Å². The van der Waals surface area contributed by atoms with Crippen molar-refractivity contribution in [2.75, 3.05) is 6.54 Å². The number of ether oxygens (including phenoxy) is 1. The fourth-order valence-electron chi connectivity index (χ4n) is 4.15. The van der Waals surface area contributed by atoms with Gasteiger partial charge >= 0.3 is 0 Å². The number of nitrogens with one attached hydrogen (secondary N) is 1. The normalized spacial score (nSPS) is 13.0. The molecule has 0 radical (unpaired) electrons. The zero-order valence-corrected chi connectivity index (χ0v) is 19.2. The number of amides is 1. The molecule has 0 spiro atoms. The smallest absolute Gasteiger partial charge is 0.270 e.